The van der Waals surface area contributed by atoms with Crippen molar-refractivity contribution in [3.8, 4) is 17.8 Å². The van der Waals surface area contributed by atoms with Crippen LogP contribution in [0.2, 0.25) is 0 Å². The van der Waals surface area contributed by atoms with Crippen molar-refractivity contribution in [1.29, 1.82) is 0 Å². The van der Waals surface area contributed by atoms with Crippen molar-refractivity contribution >= 4 is 24.8 Å². The highest BCUT2D eigenvalue weighted by Gasteiger charge is 2.36. The number of rotatable bonds is 11. The predicted molar refractivity (Wildman–Crippen MR) is 173 cm³/mol. The smallest absolute Gasteiger partial charge is 0.322 e. The molecule has 0 spiro atoms. The highest BCUT2D eigenvalue weighted by atomic mass is 35.5. The van der Waals surface area contributed by atoms with Gasteiger partial charge in [0.1, 0.15) is 0 Å². The van der Waals surface area contributed by atoms with E-state index in [9.17, 15) is 0 Å². The first-order chi connectivity index (χ1) is 19.9. The first-order valence-corrected chi connectivity index (χ1v) is 14.1. The zero-order chi connectivity index (χ0) is 28.8. The summed E-state index contributed by atoms with van der Waals surface area (Å²) in [4.78, 5) is 14.1. The van der Waals surface area contributed by atoms with E-state index in [1.807, 2.05) is 31.8 Å². The molecule has 0 unspecified atom stereocenters. The van der Waals surface area contributed by atoms with Crippen LogP contribution in [-0.4, -0.2) is 75.5 Å². The molecule has 11 heteroatoms. The number of aromatic nitrogens is 4. The second-order valence-electron chi connectivity index (χ2n) is 10.8. The Morgan fingerprint density at radius 2 is 1.47 bits per heavy atom. The second kappa shape index (κ2) is 15.9. The van der Waals surface area contributed by atoms with Crippen LogP contribution in [0, 0.1) is 0 Å². The topological polar surface area (TPSA) is 77.8 Å². The number of aryl methyl sites for hydroxylation is 1. The van der Waals surface area contributed by atoms with Gasteiger partial charge < -0.3 is 14.2 Å². The van der Waals surface area contributed by atoms with Crippen LogP contribution in [0.5, 0.6) is 17.8 Å². The first kappa shape index (κ1) is 34.1. The van der Waals surface area contributed by atoms with E-state index in [4.69, 9.17) is 14.2 Å². The molecule has 1 aliphatic rings. The number of nitrogens with zero attached hydrogens (tertiary/aromatic N) is 6. The fourth-order valence-corrected chi connectivity index (χ4v) is 5.67. The Labute approximate surface area is 267 Å². The minimum atomic E-state index is -0.0531. The van der Waals surface area contributed by atoms with Crippen LogP contribution < -0.4 is 14.2 Å². The number of hydrogen-bond donors (Lipinski definition) is 0. The van der Waals surface area contributed by atoms with Gasteiger partial charge in [0.15, 0.2) is 0 Å². The lowest BCUT2D eigenvalue weighted by atomic mass is 9.83. The molecular weight excluding hydrogens is 587 g/mol. The predicted octanol–water partition coefficient (Wildman–Crippen LogP) is 5.38. The molecule has 4 aromatic rings. The Morgan fingerprint density at radius 3 is 2.00 bits per heavy atom. The van der Waals surface area contributed by atoms with E-state index in [0.717, 1.165) is 31.7 Å². The summed E-state index contributed by atoms with van der Waals surface area (Å²) in [7, 11) is 5.14. The molecule has 1 atom stereocenters. The summed E-state index contributed by atoms with van der Waals surface area (Å²) in [5.74, 6) is 1.16. The Kier molecular flexibility index (Phi) is 12.6. The van der Waals surface area contributed by atoms with Crippen LogP contribution >= 0.6 is 24.8 Å². The van der Waals surface area contributed by atoms with Crippen LogP contribution in [0.3, 0.4) is 0 Å². The van der Waals surface area contributed by atoms with E-state index in [1.54, 1.807) is 14.2 Å². The Bertz CT molecular complexity index is 1370. The van der Waals surface area contributed by atoms with E-state index >= 15 is 0 Å². The van der Waals surface area contributed by atoms with E-state index < -0.39 is 0 Å². The average molecular weight is 630 g/mol. The van der Waals surface area contributed by atoms with Crippen molar-refractivity contribution in [3.63, 3.8) is 0 Å². The number of halogens is 2. The van der Waals surface area contributed by atoms with Gasteiger partial charge in [0.05, 0.1) is 32.1 Å². The molecule has 0 amide bonds. The van der Waals surface area contributed by atoms with Crippen molar-refractivity contribution in [1.82, 2.24) is 29.5 Å². The fraction of sp³-hybridized carbons (Fsp3) is 0.406. The molecule has 9 nitrogen and oxygen atoms in total. The first-order valence-electron chi connectivity index (χ1n) is 14.1. The molecule has 0 aliphatic carbocycles. The summed E-state index contributed by atoms with van der Waals surface area (Å²) in [6.45, 7) is 8.02. The molecular formula is C32H42Cl2N6O3. The summed E-state index contributed by atoms with van der Waals surface area (Å²) in [6.07, 6.45) is 4.03. The van der Waals surface area contributed by atoms with Gasteiger partial charge in [0.25, 0.3) is 0 Å². The van der Waals surface area contributed by atoms with E-state index in [-0.39, 0.29) is 48.9 Å². The minimum Gasteiger partial charge on any atom is -0.481 e. The normalized spacial score (nSPS) is 15.6. The van der Waals surface area contributed by atoms with Gasteiger partial charge in [-0.2, -0.15) is 15.1 Å². The van der Waals surface area contributed by atoms with Crippen LogP contribution in [0.4, 0.5) is 0 Å². The summed E-state index contributed by atoms with van der Waals surface area (Å²) in [5.41, 5.74) is 4.65. The summed E-state index contributed by atoms with van der Waals surface area (Å²) in [6, 6.07) is 22.1. The molecule has 43 heavy (non-hydrogen) atoms. The van der Waals surface area contributed by atoms with Crippen molar-refractivity contribution in [3.05, 3.63) is 95.3 Å². The number of methoxy groups -OCH3 is 2. The van der Waals surface area contributed by atoms with Crippen molar-refractivity contribution < 1.29 is 14.2 Å². The van der Waals surface area contributed by atoms with Crippen LogP contribution in [0.15, 0.2) is 73.1 Å². The monoisotopic (exact) mass is 628 g/mol. The van der Waals surface area contributed by atoms with Gasteiger partial charge in [0, 0.05) is 63.5 Å². The largest absolute Gasteiger partial charge is 0.481 e. The maximum atomic E-state index is 6.13. The molecule has 0 bridgehead atoms. The van der Waals surface area contributed by atoms with E-state index in [1.165, 1.54) is 16.7 Å². The third kappa shape index (κ3) is 8.38. The number of hydrogen-bond acceptors (Lipinski definition) is 8. The molecule has 0 saturated carbocycles. The summed E-state index contributed by atoms with van der Waals surface area (Å²) >= 11 is 0. The Hall–Kier alpha value is -3.37. The van der Waals surface area contributed by atoms with Gasteiger partial charge in [-0.3, -0.25) is 14.5 Å². The zero-order valence-electron chi connectivity index (χ0n) is 25.4. The Morgan fingerprint density at radius 1 is 0.837 bits per heavy atom. The molecule has 2 aromatic heterocycles. The summed E-state index contributed by atoms with van der Waals surface area (Å²) < 4.78 is 19.0. The lowest BCUT2D eigenvalue weighted by molar-refractivity contribution is 0.0541. The number of ether oxygens (including phenoxy) is 3. The van der Waals surface area contributed by atoms with Crippen molar-refractivity contribution in [2.45, 2.75) is 45.0 Å². The molecule has 232 valence electrons. The van der Waals surface area contributed by atoms with Gasteiger partial charge in [-0.05, 0) is 25.0 Å². The van der Waals surface area contributed by atoms with Crippen LogP contribution in [0.1, 0.15) is 42.0 Å². The lowest BCUT2D eigenvalue weighted by Gasteiger charge is -2.45. The van der Waals surface area contributed by atoms with Gasteiger partial charge in [-0.15, -0.1) is 24.8 Å². The van der Waals surface area contributed by atoms with E-state index in [0.29, 0.717) is 18.3 Å². The van der Waals surface area contributed by atoms with Crippen molar-refractivity contribution in [2.24, 2.45) is 7.05 Å². The quantitative estimate of drug-likeness (QED) is 0.219. The lowest BCUT2D eigenvalue weighted by Crippen LogP contribution is -2.54. The van der Waals surface area contributed by atoms with Gasteiger partial charge in [-0.25, -0.2) is 0 Å². The SMILES string of the molecule is COc1nc(OC)c(CN2CCN(Cc3cnn(C)c3)[C@H](C(c3ccccc3)c3ccccc3)C2)c(OC(C)C)n1.Cl.Cl. The van der Waals surface area contributed by atoms with Gasteiger partial charge in [-0.1, -0.05) is 60.7 Å². The number of benzene rings is 2. The Balaban J connectivity index is 0.00000253. The number of piperazine rings is 1. The average Bonchev–Trinajstić information content (AvgIpc) is 3.40. The molecule has 3 heterocycles. The zero-order valence-corrected chi connectivity index (χ0v) is 27.1. The van der Waals surface area contributed by atoms with Gasteiger partial charge in [0.2, 0.25) is 11.8 Å². The highest BCUT2D eigenvalue weighted by molar-refractivity contribution is 5.85. The molecule has 2 aromatic carbocycles. The molecule has 5 rings (SSSR count). The molecule has 0 N–H and O–H groups in total. The maximum Gasteiger partial charge on any atom is 0.322 e. The van der Waals surface area contributed by atoms with Crippen LogP contribution in [-0.2, 0) is 20.1 Å². The molecule has 1 fully saturated rings. The fourth-order valence-electron chi connectivity index (χ4n) is 5.67. The van der Waals surface area contributed by atoms with Gasteiger partial charge >= 0.3 is 6.01 Å². The maximum absolute atomic E-state index is 6.13. The second-order valence-corrected chi connectivity index (χ2v) is 10.8. The third-order valence-corrected chi connectivity index (χ3v) is 7.48. The molecule has 1 saturated heterocycles. The molecule has 0 radical (unpaired) electrons. The summed E-state index contributed by atoms with van der Waals surface area (Å²) in [5, 5.41) is 4.43. The minimum absolute atomic E-state index is 0. The standard InChI is InChI=1S/C32H40N6O3.2ClH/c1-23(2)41-31-27(30(39-4)34-32(35-31)40-5)21-37-16-17-38(20-24-18-33-36(3)19-24)28(22-37)29(25-12-8-6-9-13-25)26-14-10-7-11-15-26;;/h6-15,18-19,23,28-29H,16-17,20-22H2,1-5H3;2*1H/t28-;;/m0../s1. The third-order valence-electron chi connectivity index (χ3n) is 7.48. The van der Waals surface area contributed by atoms with E-state index in [2.05, 4.69) is 91.7 Å². The van der Waals surface area contributed by atoms with Crippen molar-refractivity contribution in [2.75, 3.05) is 33.9 Å². The highest BCUT2D eigenvalue weighted by Crippen LogP contribution is 2.36. The van der Waals surface area contributed by atoms with Crippen LogP contribution in [0.25, 0.3) is 0 Å². The molecule has 1 aliphatic heterocycles.